The highest BCUT2D eigenvalue weighted by Crippen LogP contribution is 2.49. The van der Waals surface area contributed by atoms with Gasteiger partial charge < -0.3 is 29.5 Å². The highest BCUT2D eigenvalue weighted by molar-refractivity contribution is 5.90. The maximum Gasteiger partial charge on any atom is 0.338 e. The number of benzene rings is 2. The molecule has 2 fully saturated rings. The fraction of sp³-hybridized carbons (Fsp3) is 0.333. The van der Waals surface area contributed by atoms with Crippen molar-refractivity contribution in [1.29, 1.82) is 0 Å². The molecule has 6 atom stereocenters. The zero-order valence-electron chi connectivity index (χ0n) is 15.3. The van der Waals surface area contributed by atoms with E-state index in [9.17, 15) is 24.9 Å². The predicted octanol–water partition coefficient (Wildman–Crippen LogP) is 0.303. The van der Waals surface area contributed by atoms with Crippen LogP contribution >= 0.6 is 0 Å². The highest BCUT2D eigenvalue weighted by atomic mass is 16.7. The first-order valence-corrected chi connectivity index (χ1v) is 9.14. The van der Waals surface area contributed by atoms with E-state index in [1.54, 1.807) is 48.5 Å². The van der Waals surface area contributed by atoms with Gasteiger partial charge in [-0.05, 0) is 24.3 Å². The summed E-state index contributed by atoms with van der Waals surface area (Å²) in [6.45, 7) is -0.365. The molecule has 0 unspecified atom stereocenters. The second-order valence-electron chi connectivity index (χ2n) is 7.10. The molecule has 0 bridgehead atoms. The van der Waals surface area contributed by atoms with Crippen LogP contribution in [-0.4, -0.2) is 70.0 Å². The largest absolute Gasteiger partial charge is 0.459 e. The Labute approximate surface area is 166 Å². The second kappa shape index (κ2) is 7.57. The van der Waals surface area contributed by atoms with Crippen LogP contribution in [0.5, 0.6) is 0 Å². The van der Waals surface area contributed by atoms with Crippen molar-refractivity contribution in [3.63, 3.8) is 0 Å². The van der Waals surface area contributed by atoms with Crippen LogP contribution in [0.3, 0.4) is 0 Å². The third-order valence-electron chi connectivity index (χ3n) is 5.27. The lowest BCUT2D eigenvalue weighted by Gasteiger charge is -2.36. The number of hydrogen-bond donors (Lipinski definition) is 3. The SMILES string of the molecule is O=C(OC[C@]12O[C@H]1[C@@H](O)[C@H](O)[C@H](OC(=O)c1ccccc1)[C@H]2O)c1ccccc1. The molecule has 2 aliphatic rings. The van der Waals surface area contributed by atoms with Gasteiger partial charge in [0.05, 0.1) is 11.1 Å². The van der Waals surface area contributed by atoms with Crippen LogP contribution in [0.2, 0.25) is 0 Å². The highest BCUT2D eigenvalue weighted by Gasteiger charge is 2.73. The van der Waals surface area contributed by atoms with Crippen molar-refractivity contribution in [1.82, 2.24) is 0 Å². The Morgan fingerprint density at radius 3 is 2.00 bits per heavy atom. The molecule has 29 heavy (non-hydrogen) atoms. The van der Waals surface area contributed by atoms with E-state index in [2.05, 4.69) is 0 Å². The summed E-state index contributed by atoms with van der Waals surface area (Å²) in [6.07, 6.45) is -6.86. The Hall–Kier alpha value is -2.78. The third-order valence-corrected chi connectivity index (χ3v) is 5.27. The van der Waals surface area contributed by atoms with Gasteiger partial charge in [-0.25, -0.2) is 9.59 Å². The Morgan fingerprint density at radius 1 is 0.862 bits per heavy atom. The van der Waals surface area contributed by atoms with E-state index in [1.165, 1.54) is 12.1 Å². The second-order valence-corrected chi connectivity index (χ2v) is 7.10. The van der Waals surface area contributed by atoms with Gasteiger partial charge in [0.15, 0.2) is 11.7 Å². The van der Waals surface area contributed by atoms with E-state index >= 15 is 0 Å². The summed E-state index contributed by atoms with van der Waals surface area (Å²) in [7, 11) is 0. The molecule has 0 radical (unpaired) electrons. The smallest absolute Gasteiger partial charge is 0.338 e. The number of carbonyl (C=O) groups excluding carboxylic acids is 2. The fourth-order valence-electron chi connectivity index (χ4n) is 3.57. The van der Waals surface area contributed by atoms with Gasteiger partial charge in [-0.2, -0.15) is 0 Å². The number of epoxide rings is 1. The molecule has 1 aliphatic carbocycles. The molecule has 0 spiro atoms. The number of aliphatic hydroxyl groups is 3. The molecule has 1 aliphatic heterocycles. The van der Waals surface area contributed by atoms with Gasteiger partial charge in [0.25, 0.3) is 0 Å². The topological polar surface area (TPSA) is 126 Å². The normalized spacial score (nSPS) is 32.7. The zero-order chi connectivity index (χ0) is 20.6. The molecular weight excluding hydrogens is 380 g/mol. The fourth-order valence-corrected chi connectivity index (χ4v) is 3.57. The Balaban J connectivity index is 1.47. The van der Waals surface area contributed by atoms with E-state index in [1.807, 2.05) is 0 Å². The van der Waals surface area contributed by atoms with Gasteiger partial charge in [0.1, 0.15) is 31.0 Å². The Bertz CT molecular complexity index is 886. The summed E-state index contributed by atoms with van der Waals surface area (Å²) >= 11 is 0. The molecule has 1 saturated carbocycles. The molecule has 8 nitrogen and oxygen atoms in total. The lowest BCUT2D eigenvalue weighted by Crippen LogP contribution is -2.61. The lowest BCUT2D eigenvalue weighted by atomic mass is 9.81. The molecule has 152 valence electrons. The van der Waals surface area contributed by atoms with Crippen molar-refractivity contribution in [2.24, 2.45) is 0 Å². The standard InChI is InChI=1S/C21H20O8/c22-14-15(23)18-21(29-18,11-27-19(25)12-7-3-1-4-8-12)17(24)16(14)28-20(26)13-9-5-2-6-10-13/h1-10,14-18,22-24H,11H2/t14-,15-,16-,17+,18-,21+/m0/s1. The zero-order valence-corrected chi connectivity index (χ0v) is 15.3. The number of fused-ring (bicyclic) bond motifs is 1. The van der Waals surface area contributed by atoms with Gasteiger partial charge >= 0.3 is 11.9 Å². The average Bonchev–Trinajstić information content (AvgIpc) is 3.51. The third kappa shape index (κ3) is 3.51. The monoisotopic (exact) mass is 400 g/mol. The van der Waals surface area contributed by atoms with E-state index in [0.29, 0.717) is 5.56 Å². The van der Waals surface area contributed by atoms with Crippen LogP contribution < -0.4 is 0 Å². The molecular formula is C21H20O8. The van der Waals surface area contributed by atoms with Crippen molar-refractivity contribution in [2.45, 2.75) is 36.1 Å². The summed E-state index contributed by atoms with van der Waals surface area (Å²) in [5.74, 6) is -1.39. The van der Waals surface area contributed by atoms with Crippen LogP contribution in [0.4, 0.5) is 0 Å². The van der Waals surface area contributed by atoms with Crippen molar-refractivity contribution in [3.05, 3.63) is 71.8 Å². The quantitative estimate of drug-likeness (QED) is 0.483. The van der Waals surface area contributed by atoms with Gasteiger partial charge in [-0.15, -0.1) is 0 Å². The molecule has 1 saturated heterocycles. The van der Waals surface area contributed by atoms with Gasteiger partial charge in [0, 0.05) is 0 Å². The van der Waals surface area contributed by atoms with Crippen LogP contribution in [0, 0.1) is 0 Å². The molecule has 1 heterocycles. The number of hydrogen-bond acceptors (Lipinski definition) is 8. The average molecular weight is 400 g/mol. The lowest BCUT2D eigenvalue weighted by molar-refractivity contribution is -0.146. The number of aliphatic hydroxyl groups excluding tert-OH is 3. The maximum atomic E-state index is 12.3. The van der Waals surface area contributed by atoms with Crippen LogP contribution in [0.1, 0.15) is 20.7 Å². The number of rotatable bonds is 5. The van der Waals surface area contributed by atoms with Gasteiger partial charge in [-0.3, -0.25) is 0 Å². The van der Waals surface area contributed by atoms with E-state index in [4.69, 9.17) is 14.2 Å². The maximum absolute atomic E-state index is 12.3. The number of esters is 2. The summed E-state index contributed by atoms with van der Waals surface area (Å²) in [4.78, 5) is 24.5. The molecule has 0 amide bonds. The predicted molar refractivity (Wildman–Crippen MR) is 98.0 cm³/mol. The van der Waals surface area contributed by atoms with Crippen LogP contribution in [0.25, 0.3) is 0 Å². The Morgan fingerprint density at radius 2 is 1.41 bits per heavy atom. The van der Waals surface area contributed by atoms with E-state index < -0.39 is 48.1 Å². The van der Waals surface area contributed by atoms with E-state index in [-0.39, 0.29) is 12.2 Å². The summed E-state index contributed by atoms with van der Waals surface area (Å²) in [6, 6.07) is 16.3. The van der Waals surface area contributed by atoms with Crippen LogP contribution in [0.15, 0.2) is 60.7 Å². The first kappa shape index (κ1) is 19.5. The molecule has 0 aromatic heterocycles. The van der Waals surface area contributed by atoms with Crippen LogP contribution in [-0.2, 0) is 14.2 Å². The first-order valence-electron chi connectivity index (χ1n) is 9.14. The summed E-state index contributed by atoms with van der Waals surface area (Å²) < 4.78 is 15.9. The summed E-state index contributed by atoms with van der Waals surface area (Å²) in [5, 5.41) is 31.3. The molecule has 4 rings (SSSR count). The van der Waals surface area contributed by atoms with Crippen molar-refractivity contribution < 1.29 is 39.1 Å². The number of ether oxygens (including phenoxy) is 3. The van der Waals surface area contributed by atoms with Crippen molar-refractivity contribution in [3.8, 4) is 0 Å². The van der Waals surface area contributed by atoms with E-state index in [0.717, 1.165) is 0 Å². The molecule has 2 aromatic carbocycles. The van der Waals surface area contributed by atoms with Gasteiger partial charge in [-0.1, -0.05) is 36.4 Å². The molecule has 8 heteroatoms. The minimum Gasteiger partial charge on any atom is -0.459 e. The minimum atomic E-state index is -1.55. The summed E-state index contributed by atoms with van der Waals surface area (Å²) in [5.41, 5.74) is -0.908. The first-order chi connectivity index (χ1) is 13.9. The van der Waals surface area contributed by atoms with Crippen molar-refractivity contribution in [2.75, 3.05) is 6.61 Å². The number of carbonyl (C=O) groups is 2. The van der Waals surface area contributed by atoms with Gasteiger partial charge in [0.2, 0.25) is 0 Å². The molecule has 3 N–H and O–H groups in total. The minimum absolute atomic E-state index is 0.227. The van der Waals surface area contributed by atoms with Crippen molar-refractivity contribution >= 4 is 11.9 Å². The Kier molecular flexibility index (Phi) is 5.10. The molecule has 2 aromatic rings.